The molecule has 6 nitrogen and oxygen atoms in total. The molecule has 0 aliphatic heterocycles. The Kier molecular flexibility index (Phi) is 4.15. The Hall–Kier alpha value is -2.12. The summed E-state index contributed by atoms with van der Waals surface area (Å²) in [5.41, 5.74) is 0.427. The lowest BCUT2D eigenvalue weighted by Crippen LogP contribution is -2.13. The standard InChI is InChI=1S/C13H11ClN2O4S/c1-9-5-6-12(8-13(9)16(17)18)21(19,20)15-11-4-2-3-10(14)7-11/h2-8,15H,1H3. The highest BCUT2D eigenvalue weighted by Gasteiger charge is 2.19. The van der Waals surface area contributed by atoms with Gasteiger partial charge in [-0.15, -0.1) is 0 Å². The van der Waals surface area contributed by atoms with Crippen molar-refractivity contribution in [3.63, 3.8) is 0 Å². The van der Waals surface area contributed by atoms with Gasteiger partial charge in [0.2, 0.25) is 0 Å². The molecule has 0 fully saturated rings. The van der Waals surface area contributed by atoms with Crippen LogP contribution in [0.25, 0.3) is 0 Å². The number of sulfonamides is 1. The molecule has 0 bridgehead atoms. The summed E-state index contributed by atoms with van der Waals surface area (Å²) in [5.74, 6) is 0. The molecule has 2 rings (SSSR count). The van der Waals surface area contributed by atoms with E-state index in [0.717, 1.165) is 6.07 Å². The Bertz CT molecular complexity index is 806. The molecule has 0 radical (unpaired) electrons. The van der Waals surface area contributed by atoms with Gasteiger partial charge in [-0.25, -0.2) is 8.42 Å². The van der Waals surface area contributed by atoms with Gasteiger partial charge in [0, 0.05) is 16.7 Å². The van der Waals surface area contributed by atoms with Crippen molar-refractivity contribution in [2.75, 3.05) is 4.72 Å². The molecule has 0 atom stereocenters. The second-order valence-electron chi connectivity index (χ2n) is 4.32. The average Bonchev–Trinajstić information content (AvgIpc) is 2.38. The third-order valence-electron chi connectivity index (χ3n) is 2.76. The molecular weight excluding hydrogens is 316 g/mol. The molecule has 0 spiro atoms. The molecular formula is C13H11ClN2O4S. The van der Waals surface area contributed by atoms with Crippen molar-refractivity contribution in [2.24, 2.45) is 0 Å². The van der Waals surface area contributed by atoms with Crippen LogP contribution < -0.4 is 4.72 Å². The van der Waals surface area contributed by atoms with Gasteiger partial charge in [-0.05, 0) is 31.2 Å². The first kappa shape index (κ1) is 15.3. The Morgan fingerprint density at radius 3 is 2.52 bits per heavy atom. The molecule has 0 heterocycles. The minimum absolute atomic E-state index is 0.181. The van der Waals surface area contributed by atoms with Gasteiger partial charge in [0.1, 0.15) is 0 Å². The van der Waals surface area contributed by atoms with E-state index in [9.17, 15) is 18.5 Å². The predicted molar refractivity (Wildman–Crippen MR) is 80.1 cm³/mol. The van der Waals surface area contributed by atoms with Crippen LogP contribution >= 0.6 is 11.6 Å². The number of nitro benzene ring substituents is 1. The number of hydrogen-bond donors (Lipinski definition) is 1. The summed E-state index contributed by atoms with van der Waals surface area (Å²) >= 11 is 5.78. The van der Waals surface area contributed by atoms with Crippen LogP contribution in [0.5, 0.6) is 0 Å². The number of nitro groups is 1. The van der Waals surface area contributed by atoms with E-state index in [4.69, 9.17) is 11.6 Å². The summed E-state index contributed by atoms with van der Waals surface area (Å²) in [4.78, 5) is 10.1. The van der Waals surface area contributed by atoms with Gasteiger partial charge in [0.25, 0.3) is 15.7 Å². The molecule has 0 aliphatic carbocycles. The lowest BCUT2D eigenvalue weighted by molar-refractivity contribution is -0.385. The molecule has 8 heteroatoms. The van der Waals surface area contributed by atoms with Crippen molar-refractivity contribution in [2.45, 2.75) is 11.8 Å². The van der Waals surface area contributed by atoms with E-state index in [2.05, 4.69) is 4.72 Å². The van der Waals surface area contributed by atoms with E-state index >= 15 is 0 Å². The Balaban J connectivity index is 2.40. The van der Waals surface area contributed by atoms with Crippen LogP contribution in [0.4, 0.5) is 11.4 Å². The van der Waals surface area contributed by atoms with Gasteiger partial charge in [-0.3, -0.25) is 14.8 Å². The summed E-state index contributed by atoms with van der Waals surface area (Å²) in [6.45, 7) is 1.54. The third kappa shape index (κ3) is 3.50. The number of nitrogens with one attached hydrogen (secondary N) is 1. The van der Waals surface area contributed by atoms with Crippen LogP contribution in [0.1, 0.15) is 5.56 Å². The van der Waals surface area contributed by atoms with E-state index in [1.54, 1.807) is 19.1 Å². The SMILES string of the molecule is Cc1ccc(S(=O)(=O)Nc2cccc(Cl)c2)cc1[N+](=O)[O-]. The zero-order valence-electron chi connectivity index (χ0n) is 10.9. The number of aryl methyl sites for hydroxylation is 1. The van der Waals surface area contributed by atoms with E-state index in [1.807, 2.05) is 0 Å². The number of rotatable bonds is 4. The average molecular weight is 327 g/mol. The van der Waals surface area contributed by atoms with Crippen LogP contribution in [0.3, 0.4) is 0 Å². The van der Waals surface area contributed by atoms with Crippen LogP contribution in [-0.2, 0) is 10.0 Å². The highest BCUT2D eigenvalue weighted by atomic mass is 35.5. The first-order chi connectivity index (χ1) is 9.79. The number of hydrogen-bond acceptors (Lipinski definition) is 4. The maximum atomic E-state index is 12.2. The normalized spacial score (nSPS) is 11.1. The minimum atomic E-state index is -3.92. The third-order valence-corrected chi connectivity index (χ3v) is 4.38. The highest BCUT2D eigenvalue weighted by molar-refractivity contribution is 7.92. The zero-order valence-corrected chi connectivity index (χ0v) is 12.5. The number of halogens is 1. The van der Waals surface area contributed by atoms with Crippen molar-refractivity contribution in [1.82, 2.24) is 0 Å². The van der Waals surface area contributed by atoms with Crippen molar-refractivity contribution in [3.05, 3.63) is 63.2 Å². The van der Waals surface area contributed by atoms with Crippen LogP contribution in [-0.4, -0.2) is 13.3 Å². The second kappa shape index (κ2) is 5.71. The quantitative estimate of drug-likeness (QED) is 0.689. The summed E-state index contributed by atoms with van der Waals surface area (Å²) < 4.78 is 26.8. The molecule has 0 unspecified atom stereocenters. The molecule has 0 aliphatic rings. The Labute approximate surface area is 126 Å². The van der Waals surface area contributed by atoms with Crippen LogP contribution in [0.15, 0.2) is 47.4 Å². The summed E-state index contributed by atoms with van der Waals surface area (Å²) in [7, 11) is -3.92. The topological polar surface area (TPSA) is 89.3 Å². The van der Waals surface area contributed by atoms with E-state index in [1.165, 1.54) is 24.3 Å². The Morgan fingerprint density at radius 2 is 1.90 bits per heavy atom. The fourth-order valence-corrected chi connectivity index (χ4v) is 2.98. The van der Waals surface area contributed by atoms with Crippen molar-refractivity contribution in [3.8, 4) is 0 Å². The maximum absolute atomic E-state index is 12.2. The molecule has 0 amide bonds. The van der Waals surface area contributed by atoms with E-state index in [0.29, 0.717) is 10.6 Å². The molecule has 21 heavy (non-hydrogen) atoms. The number of benzene rings is 2. The second-order valence-corrected chi connectivity index (χ2v) is 6.44. The smallest absolute Gasteiger partial charge is 0.273 e. The molecule has 2 aromatic rings. The minimum Gasteiger partial charge on any atom is -0.280 e. The van der Waals surface area contributed by atoms with Gasteiger partial charge in [-0.2, -0.15) is 0 Å². The molecule has 1 N–H and O–H groups in total. The van der Waals surface area contributed by atoms with Gasteiger partial charge in [0.15, 0.2) is 0 Å². The van der Waals surface area contributed by atoms with E-state index < -0.39 is 14.9 Å². The van der Waals surface area contributed by atoms with E-state index in [-0.39, 0.29) is 16.3 Å². The lowest BCUT2D eigenvalue weighted by Gasteiger charge is -2.08. The summed E-state index contributed by atoms with van der Waals surface area (Å²) in [6.07, 6.45) is 0. The van der Waals surface area contributed by atoms with Crippen LogP contribution in [0, 0.1) is 17.0 Å². The number of nitrogens with zero attached hydrogens (tertiary/aromatic N) is 1. The fourth-order valence-electron chi connectivity index (χ4n) is 1.72. The molecule has 0 saturated heterocycles. The predicted octanol–water partition coefficient (Wildman–Crippen LogP) is 3.36. The Morgan fingerprint density at radius 1 is 1.19 bits per heavy atom. The largest absolute Gasteiger partial charge is 0.280 e. The highest BCUT2D eigenvalue weighted by Crippen LogP contribution is 2.24. The van der Waals surface area contributed by atoms with Gasteiger partial charge in [-0.1, -0.05) is 23.7 Å². The molecule has 110 valence electrons. The summed E-state index contributed by atoms with van der Waals surface area (Å²) in [5, 5.41) is 11.3. The first-order valence-electron chi connectivity index (χ1n) is 5.83. The van der Waals surface area contributed by atoms with Crippen molar-refractivity contribution < 1.29 is 13.3 Å². The zero-order chi connectivity index (χ0) is 15.6. The van der Waals surface area contributed by atoms with Crippen LogP contribution in [0.2, 0.25) is 5.02 Å². The van der Waals surface area contributed by atoms with Gasteiger partial charge < -0.3 is 0 Å². The van der Waals surface area contributed by atoms with Crippen molar-refractivity contribution >= 4 is 33.0 Å². The number of anilines is 1. The van der Waals surface area contributed by atoms with Gasteiger partial charge >= 0.3 is 0 Å². The fraction of sp³-hybridized carbons (Fsp3) is 0.0769. The molecule has 0 aromatic heterocycles. The lowest BCUT2D eigenvalue weighted by atomic mass is 10.2. The molecule has 0 saturated carbocycles. The monoisotopic (exact) mass is 326 g/mol. The first-order valence-corrected chi connectivity index (χ1v) is 7.69. The van der Waals surface area contributed by atoms with Gasteiger partial charge in [0.05, 0.1) is 15.5 Å². The molecule has 2 aromatic carbocycles. The maximum Gasteiger partial charge on any atom is 0.273 e. The summed E-state index contributed by atoms with van der Waals surface area (Å²) in [6, 6.07) is 9.92. The van der Waals surface area contributed by atoms with Crippen molar-refractivity contribution in [1.29, 1.82) is 0 Å².